The molecule has 1 aromatic rings. The SMILES string of the molecule is CCN1CCOC(CNc2cc(Cl)c(Cl)cc2Cl)C1. The molecule has 1 N–H and O–H groups in total. The minimum absolute atomic E-state index is 0.166. The van der Waals surface area contributed by atoms with E-state index in [1.165, 1.54) is 0 Å². The van der Waals surface area contributed by atoms with E-state index in [4.69, 9.17) is 39.5 Å². The number of ether oxygens (including phenoxy) is 1. The second-order valence-corrected chi connectivity index (χ2v) is 5.73. The Morgan fingerprint density at radius 2 is 2.00 bits per heavy atom. The average molecular weight is 324 g/mol. The Kier molecular flexibility index (Phi) is 5.60. The van der Waals surface area contributed by atoms with Crippen molar-refractivity contribution in [3.8, 4) is 0 Å². The van der Waals surface area contributed by atoms with Crippen LogP contribution in [-0.4, -0.2) is 43.8 Å². The first-order valence-electron chi connectivity index (χ1n) is 6.32. The molecule has 0 spiro atoms. The zero-order valence-electron chi connectivity index (χ0n) is 10.8. The van der Waals surface area contributed by atoms with E-state index in [1.807, 2.05) is 0 Å². The van der Waals surface area contributed by atoms with E-state index in [0.717, 1.165) is 31.9 Å². The predicted molar refractivity (Wildman–Crippen MR) is 81.8 cm³/mol. The number of benzene rings is 1. The standard InChI is InChI=1S/C13H17Cl3N2O/c1-2-18-3-4-19-9(8-18)7-17-13-6-11(15)10(14)5-12(13)16/h5-6,9,17H,2-4,7-8H2,1H3. The van der Waals surface area contributed by atoms with Crippen LogP contribution in [0.25, 0.3) is 0 Å². The molecule has 1 aliphatic heterocycles. The molecule has 0 bridgehead atoms. The van der Waals surface area contributed by atoms with Crippen molar-refractivity contribution in [2.24, 2.45) is 0 Å². The van der Waals surface area contributed by atoms with E-state index >= 15 is 0 Å². The Bertz CT molecular complexity index is 442. The van der Waals surface area contributed by atoms with Gasteiger partial charge in [0.15, 0.2) is 0 Å². The number of nitrogens with one attached hydrogen (secondary N) is 1. The van der Waals surface area contributed by atoms with E-state index in [2.05, 4.69) is 17.1 Å². The lowest BCUT2D eigenvalue weighted by Gasteiger charge is -2.32. The van der Waals surface area contributed by atoms with Crippen LogP contribution in [-0.2, 0) is 4.74 Å². The zero-order valence-corrected chi connectivity index (χ0v) is 13.0. The summed E-state index contributed by atoms with van der Waals surface area (Å²) >= 11 is 18.0. The molecule has 0 radical (unpaired) electrons. The van der Waals surface area contributed by atoms with Gasteiger partial charge in [0.2, 0.25) is 0 Å². The Labute approximate surface area is 128 Å². The van der Waals surface area contributed by atoms with Crippen LogP contribution in [0.15, 0.2) is 12.1 Å². The van der Waals surface area contributed by atoms with Crippen LogP contribution in [0.3, 0.4) is 0 Å². The zero-order chi connectivity index (χ0) is 13.8. The number of hydrogen-bond donors (Lipinski definition) is 1. The molecular weight excluding hydrogens is 307 g/mol. The lowest BCUT2D eigenvalue weighted by molar-refractivity contribution is -0.0191. The Hall–Kier alpha value is -0.190. The molecule has 1 aromatic carbocycles. The van der Waals surface area contributed by atoms with Gasteiger partial charge in [0, 0.05) is 19.6 Å². The first-order chi connectivity index (χ1) is 9.10. The van der Waals surface area contributed by atoms with Crippen molar-refractivity contribution in [2.75, 3.05) is 38.1 Å². The molecule has 1 heterocycles. The smallest absolute Gasteiger partial charge is 0.0874 e. The molecule has 0 aliphatic carbocycles. The lowest BCUT2D eigenvalue weighted by Crippen LogP contribution is -2.45. The summed E-state index contributed by atoms with van der Waals surface area (Å²) < 4.78 is 5.72. The molecular formula is C13H17Cl3N2O. The van der Waals surface area contributed by atoms with Gasteiger partial charge >= 0.3 is 0 Å². The van der Waals surface area contributed by atoms with Crippen molar-refractivity contribution < 1.29 is 4.74 Å². The first-order valence-corrected chi connectivity index (χ1v) is 7.46. The van der Waals surface area contributed by atoms with Crippen LogP contribution in [0, 0.1) is 0 Å². The highest BCUT2D eigenvalue weighted by Gasteiger charge is 2.19. The van der Waals surface area contributed by atoms with Gasteiger partial charge in [-0.3, -0.25) is 4.90 Å². The first kappa shape index (κ1) is 15.2. The van der Waals surface area contributed by atoms with Gasteiger partial charge in [-0.1, -0.05) is 41.7 Å². The fraction of sp³-hybridized carbons (Fsp3) is 0.538. The summed E-state index contributed by atoms with van der Waals surface area (Å²) in [5, 5.41) is 4.79. The molecule has 0 saturated carbocycles. The molecule has 1 atom stereocenters. The summed E-state index contributed by atoms with van der Waals surface area (Å²) in [5.74, 6) is 0. The fourth-order valence-electron chi connectivity index (χ4n) is 2.07. The largest absolute Gasteiger partial charge is 0.381 e. The predicted octanol–water partition coefficient (Wildman–Crippen LogP) is 3.78. The van der Waals surface area contributed by atoms with Crippen LogP contribution in [0.5, 0.6) is 0 Å². The summed E-state index contributed by atoms with van der Waals surface area (Å²) in [5.41, 5.74) is 0.785. The molecule has 0 aromatic heterocycles. The highest BCUT2D eigenvalue weighted by molar-refractivity contribution is 6.44. The van der Waals surface area contributed by atoms with Crippen molar-refractivity contribution in [1.82, 2.24) is 4.90 Å². The summed E-state index contributed by atoms with van der Waals surface area (Å²) in [7, 11) is 0. The van der Waals surface area contributed by atoms with Gasteiger partial charge in [-0.15, -0.1) is 0 Å². The van der Waals surface area contributed by atoms with Crippen LogP contribution in [0.1, 0.15) is 6.92 Å². The van der Waals surface area contributed by atoms with E-state index in [9.17, 15) is 0 Å². The van der Waals surface area contributed by atoms with E-state index in [-0.39, 0.29) is 6.10 Å². The summed E-state index contributed by atoms with van der Waals surface area (Å²) in [4.78, 5) is 2.37. The minimum Gasteiger partial charge on any atom is -0.381 e. The highest BCUT2D eigenvalue weighted by atomic mass is 35.5. The lowest BCUT2D eigenvalue weighted by atomic mass is 10.2. The second kappa shape index (κ2) is 7.00. The van der Waals surface area contributed by atoms with Gasteiger partial charge in [0.05, 0.1) is 33.5 Å². The van der Waals surface area contributed by atoms with Gasteiger partial charge in [-0.05, 0) is 18.7 Å². The average Bonchev–Trinajstić information content (AvgIpc) is 2.41. The minimum atomic E-state index is 0.166. The van der Waals surface area contributed by atoms with Crippen molar-refractivity contribution in [1.29, 1.82) is 0 Å². The maximum Gasteiger partial charge on any atom is 0.0874 e. The molecule has 106 valence electrons. The number of likely N-dealkylation sites (N-methyl/N-ethyl adjacent to an activating group) is 1. The van der Waals surface area contributed by atoms with Crippen molar-refractivity contribution in [2.45, 2.75) is 13.0 Å². The fourth-order valence-corrected chi connectivity index (χ4v) is 2.69. The van der Waals surface area contributed by atoms with Crippen molar-refractivity contribution in [3.63, 3.8) is 0 Å². The maximum atomic E-state index is 6.12. The van der Waals surface area contributed by atoms with Gasteiger partial charge in [0.1, 0.15) is 0 Å². The third-order valence-electron chi connectivity index (χ3n) is 3.20. The van der Waals surface area contributed by atoms with Crippen LogP contribution < -0.4 is 5.32 Å². The number of anilines is 1. The molecule has 1 fully saturated rings. The van der Waals surface area contributed by atoms with E-state index < -0.39 is 0 Å². The summed E-state index contributed by atoms with van der Waals surface area (Å²) in [6.07, 6.45) is 0.166. The van der Waals surface area contributed by atoms with Gasteiger partial charge in [-0.2, -0.15) is 0 Å². The van der Waals surface area contributed by atoms with Crippen LogP contribution >= 0.6 is 34.8 Å². The third-order valence-corrected chi connectivity index (χ3v) is 4.24. The number of halogens is 3. The van der Waals surface area contributed by atoms with Gasteiger partial charge < -0.3 is 10.1 Å². The van der Waals surface area contributed by atoms with Crippen LogP contribution in [0.2, 0.25) is 15.1 Å². The Morgan fingerprint density at radius 1 is 1.26 bits per heavy atom. The van der Waals surface area contributed by atoms with Crippen molar-refractivity contribution >= 4 is 40.5 Å². The van der Waals surface area contributed by atoms with Gasteiger partial charge in [0.25, 0.3) is 0 Å². The summed E-state index contributed by atoms with van der Waals surface area (Å²) in [6, 6.07) is 3.39. The van der Waals surface area contributed by atoms with E-state index in [0.29, 0.717) is 21.6 Å². The molecule has 1 unspecified atom stereocenters. The molecule has 6 heteroatoms. The molecule has 1 aliphatic rings. The van der Waals surface area contributed by atoms with Crippen LogP contribution in [0.4, 0.5) is 5.69 Å². The second-order valence-electron chi connectivity index (χ2n) is 4.51. The topological polar surface area (TPSA) is 24.5 Å². The Balaban J connectivity index is 1.93. The maximum absolute atomic E-state index is 6.12. The van der Waals surface area contributed by atoms with E-state index in [1.54, 1.807) is 12.1 Å². The number of rotatable bonds is 4. The normalized spacial score (nSPS) is 20.5. The summed E-state index contributed by atoms with van der Waals surface area (Å²) in [6.45, 7) is 6.62. The number of nitrogens with zero attached hydrogens (tertiary/aromatic N) is 1. The monoisotopic (exact) mass is 322 g/mol. The number of hydrogen-bond acceptors (Lipinski definition) is 3. The molecule has 0 amide bonds. The highest BCUT2D eigenvalue weighted by Crippen LogP contribution is 2.32. The Morgan fingerprint density at radius 3 is 2.74 bits per heavy atom. The molecule has 19 heavy (non-hydrogen) atoms. The molecule has 1 saturated heterocycles. The molecule has 3 nitrogen and oxygen atoms in total. The van der Waals surface area contributed by atoms with Crippen molar-refractivity contribution in [3.05, 3.63) is 27.2 Å². The number of morpholine rings is 1. The quantitative estimate of drug-likeness (QED) is 0.853. The third kappa shape index (κ3) is 4.14. The van der Waals surface area contributed by atoms with Gasteiger partial charge in [-0.25, -0.2) is 0 Å². The molecule has 2 rings (SSSR count).